The minimum Gasteiger partial charge on any atom is -0.375 e. The molecule has 3 atom stereocenters. The van der Waals surface area contributed by atoms with E-state index >= 15 is 0 Å². The van der Waals surface area contributed by atoms with E-state index in [9.17, 15) is 0 Å². The predicted octanol–water partition coefficient (Wildman–Crippen LogP) is 3.33. The van der Waals surface area contributed by atoms with E-state index in [4.69, 9.17) is 4.74 Å². The van der Waals surface area contributed by atoms with Gasteiger partial charge in [0.25, 0.3) is 0 Å². The highest BCUT2D eigenvalue weighted by atomic mass is 16.5. The summed E-state index contributed by atoms with van der Waals surface area (Å²) in [6.07, 6.45) is 10.4. The number of hydrogen-bond acceptors (Lipinski definition) is 3. The van der Waals surface area contributed by atoms with E-state index in [1.54, 1.807) is 0 Å². The maximum Gasteiger partial charge on any atom is 0.0692 e. The number of nitrogens with one attached hydrogen (secondary N) is 1. The minimum atomic E-state index is 0.168. The molecule has 0 aromatic carbocycles. The Morgan fingerprint density at radius 3 is 2.24 bits per heavy atom. The summed E-state index contributed by atoms with van der Waals surface area (Å²) in [5.41, 5.74) is 0.168. The molecule has 0 aliphatic carbocycles. The van der Waals surface area contributed by atoms with Gasteiger partial charge in [-0.2, -0.15) is 0 Å². The highest BCUT2D eigenvalue weighted by Crippen LogP contribution is 2.42. The molecule has 0 aromatic heterocycles. The monoisotopic (exact) mass is 294 g/mol. The van der Waals surface area contributed by atoms with Crippen molar-refractivity contribution in [2.75, 3.05) is 13.2 Å². The molecule has 0 aromatic rings. The van der Waals surface area contributed by atoms with Gasteiger partial charge in [-0.15, -0.1) is 0 Å². The van der Waals surface area contributed by atoms with Crippen LogP contribution in [0.25, 0.3) is 0 Å². The van der Waals surface area contributed by atoms with Gasteiger partial charge in [-0.25, -0.2) is 0 Å². The third-order valence-corrected chi connectivity index (χ3v) is 6.46. The molecule has 0 amide bonds. The molecule has 3 saturated heterocycles. The molecule has 0 spiro atoms. The molecule has 122 valence electrons. The molecular weight excluding hydrogens is 260 g/mol. The van der Waals surface area contributed by atoms with Crippen LogP contribution in [-0.2, 0) is 4.74 Å². The zero-order chi connectivity index (χ0) is 14.9. The summed E-state index contributed by atoms with van der Waals surface area (Å²) >= 11 is 0. The topological polar surface area (TPSA) is 24.5 Å². The Labute approximate surface area is 130 Å². The maximum absolute atomic E-state index is 6.20. The molecule has 3 aliphatic heterocycles. The van der Waals surface area contributed by atoms with Gasteiger partial charge in [0.05, 0.1) is 5.60 Å². The Hall–Kier alpha value is -0.120. The molecule has 3 nitrogen and oxygen atoms in total. The van der Waals surface area contributed by atoms with Gasteiger partial charge in [0, 0.05) is 30.8 Å². The summed E-state index contributed by atoms with van der Waals surface area (Å²) in [5, 5.41) is 3.70. The molecular formula is C18H34N2O. The number of fused-ring (bicyclic) bond motifs is 2. The quantitative estimate of drug-likeness (QED) is 0.842. The summed E-state index contributed by atoms with van der Waals surface area (Å²) in [5.74, 6) is 0. The van der Waals surface area contributed by atoms with Crippen molar-refractivity contribution < 1.29 is 4.74 Å². The van der Waals surface area contributed by atoms with E-state index in [2.05, 4.69) is 31.0 Å². The van der Waals surface area contributed by atoms with Gasteiger partial charge in [-0.1, -0.05) is 20.8 Å². The predicted molar refractivity (Wildman–Crippen MR) is 87.6 cm³/mol. The number of rotatable bonds is 5. The second kappa shape index (κ2) is 6.55. The van der Waals surface area contributed by atoms with Crippen molar-refractivity contribution in [3.05, 3.63) is 0 Å². The lowest BCUT2D eigenvalue weighted by Gasteiger charge is -2.49. The van der Waals surface area contributed by atoms with Gasteiger partial charge >= 0.3 is 0 Å². The van der Waals surface area contributed by atoms with E-state index in [0.717, 1.165) is 37.3 Å². The van der Waals surface area contributed by atoms with E-state index in [-0.39, 0.29) is 5.60 Å². The van der Waals surface area contributed by atoms with Gasteiger partial charge in [-0.05, 0) is 57.9 Å². The van der Waals surface area contributed by atoms with Crippen molar-refractivity contribution in [2.24, 2.45) is 0 Å². The molecule has 21 heavy (non-hydrogen) atoms. The standard InChI is InChI=1S/C18H34N2O/c1-4-18(5-2)13-17(9-10-21-18)20-15-7-8-16(20)12-14(11-15)19-6-3/h14-17,19H,4-13H2,1-3H3. The van der Waals surface area contributed by atoms with Gasteiger partial charge in [0.1, 0.15) is 0 Å². The van der Waals surface area contributed by atoms with Crippen molar-refractivity contribution in [3.63, 3.8) is 0 Å². The van der Waals surface area contributed by atoms with E-state index in [1.807, 2.05) is 0 Å². The summed E-state index contributed by atoms with van der Waals surface area (Å²) in [6, 6.07) is 3.22. The number of hydrogen-bond donors (Lipinski definition) is 1. The number of ether oxygens (including phenoxy) is 1. The highest BCUT2D eigenvalue weighted by Gasteiger charge is 2.46. The first-order valence-electron chi connectivity index (χ1n) is 9.36. The molecule has 1 N–H and O–H groups in total. The molecule has 3 fully saturated rings. The Morgan fingerprint density at radius 1 is 1.00 bits per heavy atom. The van der Waals surface area contributed by atoms with Crippen molar-refractivity contribution in [1.82, 2.24) is 10.2 Å². The first-order valence-corrected chi connectivity index (χ1v) is 9.36. The van der Waals surface area contributed by atoms with Crippen LogP contribution >= 0.6 is 0 Å². The normalized spacial score (nSPS) is 39.6. The SMILES string of the molecule is CCNC1CC2CCC(C1)N2C1CCOC(CC)(CC)C1. The Balaban J connectivity index is 1.67. The summed E-state index contributed by atoms with van der Waals surface area (Å²) in [6.45, 7) is 8.94. The first kappa shape index (κ1) is 15.8. The highest BCUT2D eigenvalue weighted by molar-refractivity contribution is 5.02. The van der Waals surface area contributed by atoms with Crippen molar-refractivity contribution >= 4 is 0 Å². The number of nitrogens with zero attached hydrogens (tertiary/aromatic N) is 1. The number of piperidine rings is 1. The van der Waals surface area contributed by atoms with Crippen LogP contribution in [0.1, 0.15) is 72.1 Å². The third kappa shape index (κ3) is 3.02. The van der Waals surface area contributed by atoms with Gasteiger partial charge in [0.15, 0.2) is 0 Å². The fourth-order valence-corrected chi connectivity index (χ4v) is 5.26. The Bertz CT molecular complexity index is 328. The van der Waals surface area contributed by atoms with Crippen LogP contribution in [0, 0.1) is 0 Å². The fraction of sp³-hybridized carbons (Fsp3) is 1.00. The van der Waals surface area contributed by atoms with Crippen LogP contribution in [-0.4, -0.2) is 47.8 Å². The summed E-state index contributed by atoms with van der Waals surface area (Å²) < 4.78 is 6.20. The molecule has 0 radical (unpaired) electrons. The molecule has 0 saturated carbocycles. The van der Waals surface area contributed by atoms with Gasteiger partial charge < -0.3 is 10.1 Å². The largest absolute Gasteiger partial charge is 0.375 e. The molecule has 3 heterocycles. The van der Waals surface area contributed by atoms with E-state index in [1.165, 1.54) is 51.4 Å². The molecule has 3 heteroatoms. The van der Waals surface area contributed by atoms with Gasteiger partial charge in [0.2, 0.25) is 0 Å². The van der Waals surface area contributed by atoms with E-state index < -0.39 is 0 Å². The molecule has 3 rings (SSSR count). The molecule has 2 bridgehead atoms. The average Bonchev–Trinajstić information content (AvgIpc) is 2.79. The van der Waals surface area contributed by atoms with Crippen LogP contribution in [0.5, 0.6) is 0 Å². The Kier molecular flexibility index (Phi) is 4.92. The second-order valence-electron chi connectivity index (χ2n) is 7.44. The lowest BCUT2D eigenvalue weighted by molar-refractivity contribution is -0.120. The molecule has 3 aliphatic rings. The minimum absolute atomic E-state index is 0.168. The zero-order valence-corrected chi connectivity index (χ0v) is 14.2. The van der Waals surface area contributed by atoms with Gasteiger partial charge in [-0.3, -0.25) is 4.90 Å². The van der Waals surface area contributed by atoms with Crippen molar-refractivity contribution in [3.8, 4) is 0 Å². The second-order valence-corrected chi connectivity index (χ2v) is 7.44. The average molecular weight is 294 g/mol. The lowest BCUT2D eigenvalue weighted by atomic mass is 9.83. The van der Waals surface area contributed by atoms with Crippen molar-refractivity contribution in [1.29, 1.82) is 0 Å². The zero-order valence-electron chi connectivity index (χ0n) is 14.2. The van der Waals surface area contributed by atoms with Crippen molar-refractivity contribution in [2.45, 2.75) is 102 Å². The summed E-state index contributed by atoms with van der Waals surface area (Å²) in [4.78, 5) is 2.93. The Morgan fingerprint density at radius 2 is 1.67 bits per heavy atom. The lowest BCUT2D eigenvalue weighted by Crippen LogP contribution is -2.56. The van der Waals surface area contributed by atoms with Crippen LogP contribution in [0.3, 0.4) is 0 Å². The van der Waals surface area contributed by atoms with Crippen LogP contribution in [0.2, 0.25) is 0 Å². The van der Waals surface area contributed by atoms with E-state index in [0.29, 0.717) is 0 Å². The fourth-order valence-electron chi connectivity index (χ4n) is 5.26. The smallest absolute Gasteiger partial charge is 0.0692 e. The first-order chi connectivity index (χ1) is 10.2. The summed E-state index contributed by atoms with van der Waals surface area (Å²) in [7, 11) is 0. The van der Waals surface area contributed by atoms with Crippen LogP contribution < -0.4 is 5.32 Å². The van der Waals surface area contributed by atoms with Crippen LogP contribution in [0.15, 0.2) is 0 Å². The maximum atomic E-state index is 6.20. The molecule has 3 unspecified atom stereocenters. The third-order valence-electron chi connectivity index (χ3n) is 6.46. The van der Waals surface area contributed by atoms with Crippen LogP contribution in [0.4, 0.5) is 0 Å².